The van der Waals surface area contributed by atoms with Gasteiger partial charge in [-0.25, -0.2) is 0 Å². The third-order valence-electron chi connectivity index (χ3n) is 4.26. The maximum Gasteiger partial charge on any atom is 0.323 e. The Balaban J connectivity index is 2.34. The van der Waals surface area contributed by atoms with Crippen molar-refractivity contribution in [3.05, 3.63) is 35.9 Å². The fraction of sp³-hybridized carbons (Fsp3) is 0.611. The summed E-state index contributed by atoms with van der Waals surface area (Å²) < 4.78 is 5.82. The van der Waals surface area contributed by atoms with Crippen LogP contribution in [0.4, 0.5) is 0 Å². The Morgan fingerprint density at radius 1 is 1.14 bits per heavy atom. The van der Waals surface area contributed by atoms with E-state index in [9.17, 15) is 4.79 Å². The first-order valence-electron chi connectivity index (χ1n) is 7.89. The normalized spacial score (nSPS) is 27.2. The van der Waals surface area contributed by atoms with Gasteiger partial charge in [0.1, 0.15) is 12.1 Å². The second-order valence-corrected chi connectivity index (χ2v) is 6.81. The number of rotatable bonds is 4. The van der Waals surface area contributed by atoms with Crippen LogP contribution >= 0.6 is 0 Å². The van der Waals surface area contributed by atoms with Crippen molar-refractivity contribution in [1.82, 2.24) is 4.90 Å². The minimum Gasteiger partial charge on any atom is -0.459 e. The quantitative estimate of drug-likeness (QED) is 0.792. The van der Waals surface area contributed by atoms with E-state index < -0.39 is 0 Å². The number of morpholine rings is 1. The van der Waals surface area contributed by atoms with Gasteiger partial charge < -0.3 is 4.74 Å². The van der Waals surface area contributed by atoms with Gasteiger partial charge in [-0.15, -0.1) is 0 Å². The van der Waals surface area contributed by atoms with Crippen LogP contribution in [0, 0.1) is 11.8 Å². The fourth-order valence-corrected chi connectivity index (χ4v) is 3.15. The Kier molecular flexibility index (Phi) is 5.04. The summed E-state index contributed by atoms with van der Waals surface area (Å²) in [7, 11) is 2.06. The van der Waals surface area contributed by atoms with Crippen molar-refractivity contribution in [3.8, 4) is 0 Å². The van der Waals surface area contributed by atoms with Crippen molar-refractivity contribution < 1.29 is 9.53 Å². The predicted molar refractivity (Wildman–Crippen MR) is 84.9 cm³/mol. The Morgan fingerprint density at radius 3 is 2.29 bits per heavy atom. The van der Waals surface area contributed by atoms with Crippen LogP contribution in [0.25, 0.3) is 0 Å². The van der Waals surface area contributed by atoms with Crippen LogP contribution in [0.5, 0.6) is 0 Å². The summed E-state index contributed by atoms with van der Waals surface area (Å²) in [5.74, 6) is 0.690. The number of carbonyl (C=O) groups excluding carboxylic acids is 1. The van der Waals surface area contributed by atoms with Crippen LogP contribution in [0.2, 0.25) is 0 Å². The van der Waals surface area contributed by atoms with Gasteiger partial charge in [0.2, 0.25) is 0 Å². The Morgan fingerprint density at radius 2 is 1.76 bits per heavy atom. The van der Waals surface area contributed by atoms with E-state index >= 15 is 0 Å². The molecular formula is C18H27NO2. The molecular weight excluding hydrogens is 262 g/mol. The molecule has 3 nitrogen and oxygen atoms in total. The largest absolute Gasteiger partial charge is 0.459 e. The predicted octanol–water partition coefficient (Wildman–Crippen LogP) is 3.66. The van der Waals surface area contributed by atoms with Gasteiger partial charge in [-0.1, -0.05) is 58.0 Å². The molecule has 0 unspecified atom stereocenters. The highest BCUT2D eigenvalue weighted by molar-refractivity contribution is 5.77. The first-order valence-corrected chi connectivity index (χ1v) is 7.89. The molecule has 1 fully saturated rings. The van der Waals surface area contributed by atoms with Crippen molar-refractivity contribution in [2.75, 3.05) is 7.05 Å². The number of ether oxygens (including phenoxy) is 1. The van der Waals surface area contributed by atoms with E-state index in [2.05, 4.69) is 63.9 Å². The van der Waals surface area contributed by atoms with Crippen molar-refractivity contribution in [2.45, 2.75) is 52.3 Å². The van der Waals surface area contributed by atoms with E-state index in [0.29, 0.717) is 11.8 Å². The van der Waals surface area contributed by atoms with Crippen molar-refractivity contribution in [1.29, 1.82) is 0 Å². The minimum atomic E-state index is -0.148. The molecule has 2 rings (SSSR count). The third kappa shape index (κ3) is 3.46. The molecule has 1 saturated heterocycles. The first-order chi connectivity index (χ1) is 9.91. The smallest absolute Gasteiger partial charge is 0.323 e. The molecule has 21 heavy (non-hydrogen) atoms. The van der Waals surface area contributed by atoms with Crippen LogP contribution in [0.1, 0.15) is 45.7 Å². The molecule has 1 aliphatic heterocycles. The molecule has 0 amide bonds. The topological polar surface area (TPSA) is 29.5 Å². The Labute approximate surface area is 128 Å². The minimum absolute atomic E-state index is 0.0721. The number of carbonyl (C=O) groups is 1. The number of esters is 1. The molecule has 1 aromatic rings. The van der Waals surface area contributed by atoms with Crippen molar-refractivity contribution >= 4 is 5.97 Å². The number of hydrogen-bond acceptors (Lipinski definition) is 3. The molecule has 1 heterocycles. The average molecular weight is 289 g/mol. The lowest BCUT2D eigenvalue weighted by Crippen LogP contribution is -2.54. The van der Waals surface area contributed by atoms with E-state index in [1.807, 2.05) is 6.07 Å². The fourth-order valence-electron chi connectivity index (χ4n) is 3.15. The van der Waals surface area contributed by atoms with Gasteiger partial charge in [-0.2, -0.15) is 0 Å². The van der Waals surface area contributed by atoms with Gasteiger partial charge in [0.15, 0.2) is 0 Å². The highest BCUT2D eigenvalue weighted by Crippen LogP contribution is 2.36. The zero-order valence-corrected chi connectivity index (χ0v) is 13.7. The Hall–Kier alpha value is -1.35. The highest BCUT2D eigenvalue weighted by Gasteiger charge is 2.43. The summed E-state index contributed by atoms with van der Waals surface area (Å²) in [6.07, 6.45) is 0.747. The standard InChI is InChI=1S/C18H27NO2/c1-12(2)11-15-18(20)21-17(13(3)4)16(19(15)5)14-9-7-6-8-10-14/h6-10,12-13,15-17H,11H2,1-5H3/t15-,16+,17-/m0/s1. The van der Waals surface area contributed by atoms with Gasteiger partial charge in [0.25, 0.3) is 0 Å². The van der Waals surface area contributed by atoms with Crippen molar-refractivity contribution in [2.24, 2.45) is 11.8 Å². The molecule has 3 atom stereocenters. The monoisotopic (exact) mass is 289 g/mol. The number of likely N-dealkylation sites (N-methyl/N-ethyl adjacent to an activating group) is 1. The van der Waals surface area contributed by atoms with Gasteiger partial charge in [0, 0.05) is 0 Å². The van der Waals surface area contributed by atoms with Crippen LogP contribution in [-0.4, -0.2) is 30.1 Å². The summed E-state index contributed by atoms with van der Waals surface area (Å²) in [6, 6.07) is 10.4. The zero-order valence-electron chi connectivity index (χ0n) is 13.7. The summed E-state index contributed by atoms with van der Waals surface area (Å²) in [5.41, 5.74) is 1.22. The van der Waals surface area contributed by atoms with Gasteiger partial charge >= 0.3 is 5.97 Å². The van der Waals surface area contributed by atoms with E-state index in [0.717, 1.165) is 6.42 Å². The molecule has 1 aromatic carbocycles. The van der Waals surface area contributed by atoms with Gasteiger partial charge in [0.05, 0.1) is 6.04 Å². The lowest BCUT2D eigenvalue weighted by molar-refractivity contribution is -0.178. The van der Waals surface area contributed by atoms with Gasteiger partial charge in [-0.05, 0) is 30.9 Å². The van der Waals surface area contributed by atoms with E-state index in [1.165, 1.54) is 5.56 Å². The van der Waals surface area contributed by atoms with Crippen LogP contribution < -0.4 is 0 Å². The molecule has 1 aliphatic rings. The number of benzene rings is 1. The maximum atomic E-state index is 12.4. The summed E-state index contributed by atoms with van der Waals surface area (Å²) in [6.45, 7) is 8.52. The summed E-state index contributed by atoms with van der Waals surface area (Å²) >= 11 is 0. The Bertz CT molecular complexity index is 469. The van der Waals surface area contributed by atoms with E-state index in [1.54, 1.807) is 0 Å². The zero-order chi connectivity index (χ0) is 15.6. The number of nitrogens with zero attached hydrogens (tertiary/aromatic N) is 1. The molecule has 116 valence electrons. The molecule has 0 bridgehead atoms. The first kappa shape index (κ1) is 16.0. The molecule has 0 aromatic heterocycles. The lowest BCUT2D eigenvalue weighted by Gasteiger charge is -2.45. The molecule has 0 aliphatic carbocycles. The third-order valence-corrected chi connectivity index (χ3v) is 4.26. The second-order valence-electron chi connectivity index (χ2n) is 6.81. The van der Waals surface area contributed by atoms with E-state index in [4.69, 9.17) is 4.74 Å². The lowest BCUT2D eigenvalue weighted by atomic mass is 9.88. The maximum absolute atomic E-state index is 12.4. The van der Waals surface area contributed by atoms with E-state index in [-0.39, 0.29) is 24.2 Å². The highest BCUT2D eigenvalue weighted by atomic mass is 16.6. The summed E-state index contributed by atoms with van der Waals surface area (Å²) in [5, 5.41) is 0. The molecule has 3 heteroatoms. The van der Waals surface area contributed by atoms with Crippen LogP contribution in [0.15, 0.2) is 30.3 Å². The second kappa shape index (κ2) is 6.61. The molecule has 0 spiro atoms. The number of cyclic esters (lactones) is 1. The van der Waals surface area contributed by atoms with Crippen molar-refractivity contribution in [3.63, 3.8) is 0 Å². The van der Waals surface area contributed by atoms with Gasteiger partial charge in [-0.3, -0.25) is 9.69 Å². The molecule has 0 N–H and O–H groups in total. The summed E-state index contributed by atoms with van der Waals surface area (Å²) in [4.78, 5) is 14.6. The van der Waals surface area contributed by atoms with Crippen LogP contribution in [-0.2, 0) is 9.53 Å². The molecule has 0 saturated carbocycles. The SMILES string of the molecule is CC(C)C[C@H]1C(=O)O[C@@H](C(C)C)[C@@H](c2ccccc2)N1C. The van der Waals surface area contributed by atoms with Crippen LogP contribution in [0.3, 0.4) is 0 Å². The average Bonchev–Trinajstić information content (AvgIpc) is 2.43. The molecule has 0 radical (unpaired) electrons. The number of hydrogen-bond donors (Lipinski definition) is 0.